The van der Waals surface area contributed by atoms with Gasteiger partial charge in [-0.05, 0) is 6.42 Å². The van der Waals surface area contributed by atoms with Crippen LogP contribution in [0.2, 0.25) is 0 Å². The first-order chi connectivity index (χ1) is 4.81. The van der Waals surface area contributed by atoms with Crippen LogP contribution in [0.15, 0.2) is 0 Å². The SMILES string of the molecule is CCCCC[C@H](N)CC=O. The Morgan fingerprint density at radius 2 is 2.20 bits per heavy atom. The summed E-state index contributed by atoms with van der Waals surface area (Å²) in [4.78, 5) is 9.97. The molecule has 0 amide bonds. The average Bonchev–Trinajstić information content (AvgIpc) is 1.89. The van der Waals surface area contributed by atoms with E-state index in [0.717, 1.165) is 19.1 Å². The lowest BCUT2D eigenvalue weighted by Crippen LogP contribution is -2.19. The van der Waals surface area contributed by atoms with Crippen LogP contribution in [0.1, 0.15) is 39.0 Å². The second kappa shape index (κ2) is 6.75. The molecule has 10 heavy (non-hydrogen) atoms. The zero-order valence-corrected chi connectivity index (χ0v) is 6.68. The summed E-state index contributed by atoms with van der Waals surface area (Å²) in [6.07, 6.45) is 6.01. The van der Waals surface area contributed by atoms with E-state index in [1.165, 1.54) is 12.8 Å². The first-order valence-electron chi connectivity index (χ1n) is 4.00. The van der Waals surface area contributed by atoms with E-state index in [0.29, 0.717) is 6.42 Å². The van der Waals surface area contributed by atoms with Crippen LogP contribution in [-0.4, -0.2) is 12.3 Å². The van der Waals surface area contributed by atoms with Crippen molar-refractivity contribution in [3.8, 4) is 0 Å². The maximum atomic E-state index is 9.97. The predicted molar refractivity (Wildman–Crippen MR) is 42.8 cm³/mol. The average molecular weight is 143 g/mol. The topological polar surface area (TPSA) is 43.1 Å². The number of aldehydes is 1. The molecule has 0 unspecified atom stereocenters. The lowest BCUT2D eigenvalue weighted by molar-refractivity contribution is -0.108. The Hall–Kier alpha value is -0.370. The molecule has 0 aromatic rings. The fourth-order valence-electron chi connectivity index (χ4n) is 0.898. The third-order valence-corrected chi connectivity index (χ3v) is 1.58. The summed E-state index contributed by atoms with van der Waals surface area (Å²) in [5, 5.41) is 0. The van der Waals surface area contributed by atoms with Crippen LogP contribution >= 0.6 is 0 Å². The number of rotatable bonds is 6. The minimum atomic E-state index is 0.101. The molecule has 0 aromatic heterocycles. The molecule has 0 heterocycles. The van der Waals surface area contributed by atoms with Gasteiger partial charge >= 0.3 is 0 Å². The summed E-state index contributed by atoms with van der Waals surface area (Å²) >= 11 is 0. The first kappa shape index (κ1) is 9.63. The second-order valence-corrected chi connectivity index (χ2v) is 2.66. The molecule has 0 aliphatic heterocycles. The largest absolute Gasteiger partial charge is 0.327 e. The van der Waals surface area contributed by atoms with Gasteiger partial charge in [0.25, 0.3) is 0 Å². The highest BCUT2D eigenvalue weighted by atomic mass is 16.1. The van der Waals surface area contributed by atoms with Gasteiger partial charge < -0.3 is 10.5 Å². The number of hydrogen-bond acceptors (Lipinski definition) is 2. The first-order valence-corrected chi connectivity index (χ1v) is 4.00. The van der Waals surface area contributed by atoms with E-state index in [1.807, 2.05) is 0 Å². The van der Waals surface area contributed by atoms with Gasteiger partial charge in [0.15, 0.2) is 0 Å². The molecule has 0 bridgehead atoms. The van der Waals surface area contributed by atoms with Crippen LogP contribution in [0.3, 0.4) is 0 Å². The van der Waals surface area contributed by atoms with E-state index in [4.69, 9.17) is 5.73 Å². The van der Waals surface area contributed by atoms with Gasteiger partial charge in [0.05, 0.1) is 0 Å². The van der Waals surface area contributed by atoms with Crippen LogP contribution in [-0.2, 0) is 4.79 Å². The summed E-state index contributed by atoms with van der Waals surface area (Å²) in [6, 6.07) is 0.101. The molecular weight excluding hydrogens is 126 g/mol. The van der Waals surface area contributed by atoms with Crippen LogP contribution in [0, 0.1) is 0 Å². The second-order valence-electron chi connectivity index (χ2n) is 2.66. The molecule has 0 aliphatic carbocycles. The van der Waals surface area contributed by atoms with Crippen molar-refractivity contribution < 1.29 is 4.79 Å². The molecule has 2 N–H and O–H groups in total. The normalized spacial score (nSPS) is 13.0. The highest BCUT2D eigenvalue weighted by Gasteiger charge is 1.98. The molecule has 60 valence electrons. The van der Waals surface area contributed by atoms with Crippen LogP contribution in [0.5, 0.6) is 0 Å². The van der Waals surface area contributed by atoms with Gasteiger partial charge in [0, 0.05) is 12.5 Å². The Labute approximate surface area is 62.8 Å². The summed E-state index contributed by atoms with van der Waals surface area (Å²) < 4.78 is 0. The van der Waals surface area contributed by atoms with Crippen molar-refractivity contribution >= 4 is 6.29 Å². The summed E-state index contributed by atoms with van der Waals surface area (Å²) in [5.74, 6) is 0. The van der Waals surface area contributed by atoms with Crippen molar-refractivity contribution in [2.45, 2.75) is 45.1 Å². The van der Waals surface area contributed by atoms with Crippen molar-refractivity contribution in [3.63, 3.8) is 0 Å². The third-order valence-electron chi connectivity index (χ3n) is 1.58. The molecule has 2 nitrogen and oxygen atoms in total. The minimum absolute atomic E-state index is 0.101. The lowest BCUT2D eigenvalue weighted by Gasteiger charge is -2.05. The van der Waals surface area contributed by atoms with Crippen molar-refractivity contribution in [2.75, 3.05) is 0 Å². The van der Waals surface area contributed by atoms with Gasteiger partial charge in [-0.3, -0.25) is 0 Å². The van der Waals surface area contributed by atoms with Gasteiger partial charge in [0.2, 0.25) is 0 Å². The fourth-order valence-corrected chi connectivity index (χ4v) is 0.898. The molecule has 0 saturated heterocycles. The fraction of sp³-hybridized carbons (Fsp3) is 0.875. The quantitative estimate of drug-likeness (QED) is 0.452. The molecule has 1 atom stereocenters. The van der Waals surface area contributed by atoms with Crippen molar-refractivity contribution in [2.24, 2.45) is 5.73 Å². The highest BCUT2D eigenvalue weighted by molar-refractivity contribution is 5.50. The Bertz CT molecular complexity index is 83.3. The summed E-state index contributed by atoms with van der Waals surface area (Å²) in [5.41, 5.74) is 5.59. The molecule has 0 aromatic carbocycles. The van der Waals surface area contributed by atoms with E-state index < -0.39 is 0 Å². The van der Waals surface area contributed by atoms with Crippen molar-refractivity contribution in [3.05, 3.63) is 0 Å². The molecule has 0 fully saturated rings. The number of carbonyl (C=O) groups is 1. The molecule has 2 heteroatoms. The van der Waals surface area contributed by atoms with E-state index in [9.17, 15) is 4.79 Å². The van der Waals surface area contributed by atoms with E-state index in [-0.39, 0.29) is 6.04 Å². The number of carbonyl (C=O) groups excluding carboxylic acids is 1. The summed E-state index contributed by atoms with van der Waals surface area (Å²) in [7, 11) is 0. The Morgan fingerprint density at radius 3 is 2.70 bits per heavy atom. The third kappa shape index (κ3) is 5.76. The smallest absolute Gasteiger partial charge is 0.121 e. The van der Waals surface area contributed by atoms with Crippen LogP contribution < -0.4 is 5.73 Å². The zero-order chi connectivity index (χ0) is 7.82. The highest BCUT2D eigenvalue weighted by Crippen LogP contribution is 2.02. The Morgan fingerprint density at radius 1 is 1.50 bits per heavy atom. The minimum Gasteiger partial charge on any atom is -0.327 e. The van der Waals surface area contributed by atoms with Gasteiger partial charge in [-0.2, -0.15) is 0 Å². The molecule has 0 spiro atoms. The predicted octanol–water partition coefficient (Wildman–Crippen LogP) is 1.48. The lowest BCUT2D eigenvalue weighted by atomic mass is 10.1. The van der Waals surface area contributed by atoms with Crippen LogP contribution in [0.4, 0.5) is 0 Å². The van der Waals surface area contributed by atoms with Crippen molar-refractivity contribution in [1.82, 2.24) is 0 Å². The van der Waals surface area contributed by atoms with E-state index in [2.05, 4.69) is 6.92 Å². The molecular formula is C8H17NO. The standard InChI is InChI=1S/C8H17NO/c1-2-3-4-5-8(9)6-7-10/h7-8H,2-6,9H2,1H3/t8-/m0/s1. The van der Waals surface area contributed by atoms with Crippen molar-refractivity contribution in [1.29, 1.82) is 0 Å². The van der Waals surface area contributed by atoms with E-state index >= 15 is 0 Å². The Kier molecular flexibility index (Phi) is 6.50. The van der Waals surface area contributed by atoms with Gasteiger partial charge in [-0.25, -0.2) is 0 Å². The molecule has 0 radical (unpaired) electrons. The monoisotopic (exact) mass is 143 g/mol. The van der Waals surface area contributed by atoms with Gasteiger partial charge in [-0.15, -0.1) is 0 Å². The number of unbranched alkanes of at least 4 members (excludes halogenated alkanes) is 2. The number of hydrogen-bond donors (Lipinski definition) is 1. The maximum absolute atomic E-state index is 9.97. The van der Waals surface area contributed by atoms with E-state index in [1.54, 1.807) is 0 Å². The summed E-state index contributed by atoms with van der Waals surface area (Å²) in [6.45, 7) is 2.16. The molecule has 0 rings (SSSR count). The van der Waals surface area contributed by atoms with Crippen LogP contribution in [0.25, 0.3) is 0 Å². The zero-order valence-electron chi connectivity index (χ0n) is 6.68. The van der Waals surface area contributed by atoms with Gasteiger partial charge in [-0.1, -0.05) is 26.2 Å². The maximum Gasteiger partial charge on any atom is 0.121 e. The molecule has 0 aliphatic rings. The number of nitrogens with two attached hydrogens (primary N) is 1. The Balaban J connectivity index is 3.04. The van der Waals surface area contributed by atoms with Gasteiger partial charge in [0.1, 0.15) is 6.29 Å². The molecule has 0 saturated carbocycles.